The summed E-state index contributed by atoms with van der Waals surface area (Å²) in [4.78, 5) is 4.58. The zero-order valence-corrected chi connectivity index (χ0v) is 16.4. The van der Waals surface area contributed by atoms with Crippen molar-refractivity contribution >= 4 is 17.6 Å². The monoisotopic (exact) mass is 383 g/mol. The van der Waals surface area contributed by atoms with Crippen molar-refractivity contribution in [3.05, 3.63) is 29.3 Å². The van der Waals surface area contributed by atoms with Crippen LogP contribution in [-0.2, 0) is 9.47 Å². The lowest BCUT2D eigenvalue weighted by Gasteiger charge is -2.16. The number of nitrogens with zero attached hydrogens (tertiary/aromatic N) is 1. The Labute approximate surface area is 161 Å². The average Bonchev–Trinajstić information content (AvgIpc) is 3.15. The third-order valence-corrected chi connectivity index (χ3v) is 4.18. The molecule has 1 aromatic rings. The van der Waals surface area contributed by atoms with E-state index >= 15 is 0 Å². The molecule has 26 heavy (non-hydrogen) atoms. The van der Waals surface area contributed by atoms with Crippen molar-refractivity contribution < 1.29 is 14.2 Å². The minimum Gasteiger partial charge on any atom is -0.487 e. The van der Waals surface area contributed by atoms with Gasteiger partial charge in [-0.3, -0.25) is 0 Å². The van der Waals surface area contributed by atoms with Crippen molar-refractivity contribution in [1.82, 2.24) is 10.6 Å². The van der Waals surface area contributed by atoms with Gasteiger partial charge in [0, 0.05) is 26.3 Å². The maximum atomic E-state index is 6.12. The fourth-order valence-corrected chi connectivity index (χ4v) is 2.71. The normalized spacial score (nSPS) is 18.6. The molecule has 0 radical (unpaired) electrons. The molecule has 0 saturated carbocycles. The summed E-state index contributed by atoms with van der Waals surface area (Å²) in [6, 6.07) is 7.47. The van der Waals surface area contributed by atoms with Crippen LogP contribution in [0.3, 0.4) is 0 Å². The number of aliphatic imine (C=N–C) groups is 1. The minimum atomic E-state index is -0.0731. The summed E-state index contributed by atoms with van der Waals surface area (Å²) in [6.45, 7) is 8.44. The van der Waals surface area contributed by atoms with E-state index in [0.29, 0.717) is 17.3 Å². The third-order valence-electron chi connectivity index (χ3n) is 3.87. The molecule has 2 rings (SSSR count). The average molecular weight is 384 g/mol. The summed E-state index contributed by atoms with van der Waals surface area (Å²) in [5.41, 5.74) is 0. The molecule has 1 aromatic carbocycles. The minimum absolute atomic E-state index is 0.0731. The molecule has 1 fully saturated rings. The highest BCUT2D eigenvalue weighted by atomic mass is 35.5. The Morgan fingerprint density at radius 1 is 1.38 bits per heavy atom. The fraction of sp³-hybridized carbons (Fsp3) is 0.632. The smallest absolute Gasteiger partial charge is 0.191 e. The lowest BCUT2D eigenvalue weighted by Crippen LogP contribution is -2.39. The maximum absolute atomic E-state index is 6.12. The Hall–Kier alpha value is -1.50. The maximum Gasteiger partial charge on any atom is 0.191 e. The number of ether oxygens (including phenoxy) is 3. The molecule has 0 aliphatic carbocycles. The van der Waals surface area contributed by atoms with Gasteiger partial charge in [0.25, 0.3) is 0 Å². The van der Waals surface area contributed by atoms with Crippen molar-refractivity contribution in [3.63, 3.8) is 0 Å². The number of guanidine groups is 1. The molecule has 1 saturated heterocycles. The zero-order valence-electron chi connectivity index (χ0n) is 15.7. The van der Waals surface area contributed by atoms with Crippen molar-refractivity contribution in [1.29, 1.82) is 0 Å². The van der Waals surface area contributed by atoms with Crippen LogP contribution in [0.5, 0.6) is 5.75 Å². The molecule has 1 aliphatic rings. The lowest BCUT2D eigenvalue weighted by atomic mass is 10.3. The number of hydrogen-bond donors (Lipinski definition) is 2. The highest BCUT2D eigenvalue weighted by Crippen LogP contribution is 2.24. The van der Waals surface area contributed by atoms with Gasteiger partial charge in [0.2, 0.25) is 0 Å². The van der Waals surface area contributed by atoms with Gasteiger partial charge in [-0.25, -0.2) is 4.99 Å². The van der Waals surface area contributed by atoms with E-state index in [4.69, 9.17) is 25.8 Å². The second-order valence-corrected chi connectivity index (χ2v) is 6.62. The number of halogens is 1. The van der Waals surface area contributed by atoms with E-state index < -0.39 is 0 Å². The van der Waals surface area contributed by atoms with Gasteiger partial charge >= 0.3 is 0 Å². The molecule has 0 bridgehead atoms. The van der Waals surface area contributed by atoms with Gasteiger partial charge in [0.05, 0.1) is 24.3 Å². The van der Waals surface area contributed by atoms with E-state index in [0.717, 1.165) is 51.7 Å². The van der Waals surface area contributed by atoms with Gasteiger partial charge in [-0.2, -0.15) is 0 Å². The molecule has 1 aliphatic heterocycles. The number of benzene rings is 1. The summed E-state index contributed by atoms with van der Waals surface area (Å²) in [7, 11) is 0. The van der Waals surface area contributed by atoms with Crippen LogP contribution in [0.1, 0.15) is 26.7 Å². The van der Waals surface area contributed by atoms with Gasteiger partial charge < -0.3 is 24.8 Å². The Morgan fingerprint density at radius 3 is 2.96 bits per heavy atom. The van der Waals surface area contributed by atoms with E-state index in [-0.39, 0.29) is 12.2 Å². The molecule has 2 unspecified atom stereocenters. The van der Waals surface area contributed by atoms with Gasteiger partial charge in [0.1, 0.15) is 11.9 Å². The third kappa shape index (κ3) is 7.81. The van der Waals surface area contributed by atoms with Crippen molar-refractivity contribution in [2.24, 2.45) is 4.99 Å². The predicted octanol–water partition coefficient (Wildman–Crippen LogP) is 2.86. The molecular weight excluding hydrogens is 354 g/mol. The van der Waals surface area contributed by atoms with Gasteiger partial charge in [-0.15, -0.1) is 0 Å². The van der Waals surface area contributed by atoms with Crippen molar-refractivity contribution in [3.8, 4) is 5.75 Å². The van der Waals surface area contributed by atoms with E-state index in [9.17, 15) is 0 Å². The Bertz CT molecular complexity index is 551. The molecule has 0 spiro atoms. The summed E-state index contributed by atoms with van der Waals surface area (Å²) in [5.74, 6) is 1.47. The first kappa shape index (κ1) is 20.8. The first-order valence-corrected chi connectivity index (χ1v) is 9.69. The largest absolute Gasteiger partial charge is 0.487 e. The molecule has 0 aromatic heterocycles. The molecular formula is C19H30ClN3O3. The highest BCUT2D eigenvalue weighted by molar-refractivity contribution is 6.32. The summed E-state index contributed by atoms with van der Waals surface area (Å²) >= 11 is 6.12. The standard InChI is InChI=1S/C19H30ClN3O3/c1-3-21-19(22-10-6-11-25-16-9-12-24-14-16)23-13-15(2)26-18-8-5-4-7-17(18)20/h4-5,7-8,15-16H,3,6,9-14H2,1-2H3,(H2,21,22,23). The molecule has 1 heterocycles. The summed E-state index contributed by atoms with van der Waals surface area (Å²) < 4.78 is 16.9. The zero-order chi connectivity index (χ0) is 18.6. The molecule has 6 nitrogen and oxygen atoms in total. The number of hydrogen-bond acceptors (Lipinski definition) is 4. The molecule has 2 N–H and O–H groups in total. The van der Waals surface area contributed by atoms with Gasteiger partial charge in [-0.1, -0.05) is 23.7 Å². The highest BCUT2D eigenvalue weighted by Gasteiger charge is 2.15. The van der Waals surface area contributed by atoms with Crippen molar-refractivity contribution in [2.45, 2.75) is 38.9 Å². The number of rotatable bonds is 10. The first-order chi connectivity index (χ1) is 12.7. The molecule has 146 valence electrons. The van der Waals surface area contributed by atoms with Crippen molar-refractivity contribution in [2.75, 3.05) is 39.5 Å². The van der Waals surface area contributed by atoms with Gasteiger partial charge in [0.15, 0.2) is 5.96 Å². The van der Waals surface area contributed by atoms with Crippen LogP contribution in [0, 0.1) is 0 Å². The van der Waals surface area contributed by atoms with E-state index in [1.807, 2.05) is 38.1 Å². The fourth-order valence-electron chi connectivity index (χ4n) is 2.53. The summed E-state index contributed by atoms with van der Waals surface area (Å²) in [5, 5.41) is 7.18. The van der Waals surface area contributed by atoms with Crippen LogP contribution in [0.15, 0.2) is 29.3 Å². The Morgan fingerprint density at radius 2 is 2.23 bits per heavy atom. The predicted molar refractivity (Wildman–Crippen MR) is 105 cm³/mol. The quantitative estimate of drug-likeness (QED) is 0.369. The second kappa shape index (κ2) is 12.0. The van der Waals surface area contributed by atoms with Gasteiger partial charge in [-0.05, 0) is 38.8 Å². The van der Waals surface area contributed by atoms with E-state index in [1.165, 1.54) is 0 Å². The topological polar surface area (TPSA) is 64.1 Å². The Kier molecular flexibility index (Phi) is 9.60. The SMILES string of the molecule is CCNC(=NCC(C)Oc1ccccc1Cl)NCCCOC1CCOC1. The molecule has 2 atom stereocenters. The van der Waals surface area contributed by atoms with Crippen LogP contribution in [0.2, 0.25) is 5.02 Å². The second-order valence-electron chi connectivity index (χ2n) is 6.22. The molecule has 7 heteroatoms. The summed E-state index contributed by atoms with van der Waals surface area (Å²) in [6.07, 6.45) is 2.11. The Balaban J connectivity index is 1.68. The number of para-hydroxylation sites is 1. The van der Waals surface area contributed by atoms with Crippen LogP contribution in [0.4, 0.5) is 0 Å². The van der Waals surface area contributed by atoms with Crippen LogP contribution >= 0.6 is 11.6 Å². The van der Waals surface area contributed by atoms with Crippen LogP contribution < -0.4 is 15.4 Å². The first-order valence-electron chi connectivity index (χ1n) is 9.31. The molecule has 0 amide bonds. The number of nitrogens with one attached hydrogen (secondary N) is 2. The van der Waals surface area contributed by atoms with Crippen LogP contribution in [-0.4, -0.2) is 57.6 Å². The van der Waals surface area contributed by atoms with Crippen LogP contribution in [0.25, 0.3) is 0 Å². The lowest BCUT2D eigenvalue weighted by molar-refractivity contribution is 0.0420. The van der Waals surface area contributed by atoms with E-state index in [2.05, 4.69) is 15.6 Å². The van der Waals surface area contributed by atoms with E-state index in [1.54, 1.807) is 0 Å².